The molecule has 7 nitrogen and oxygen atoms in total. The topological polar surface area (TPSA) is 92.0 Å². The lowest BCUT2D eigenvalue weighted by atomic mass is 9.47. The highest BCUT2D eigenvalue weighted by Crippen LogP contribution is 2.63. The van der Waals surface area contributed by atoms with Crippen molar-refractivity contribution >= 4 is 29.6 Å². The molecule has 1 aromatic heterocycles. The standard InChI is InChI=1S/C31H23N3O4/c1-18-12-14-19(15-13-18)34-29(36)26-25-20-7-2-4-9-22(20)31(27(26)30(34)37,23-10-5-3-8-21(23)25)17-32-33-28(35)24-11-6-16-38-24/h2-17,25-27H,1H3,(H,33,35)/b32-17-/t25?,26-,27-,31?/m0/s1. The van der Waals surface area contributed by atoms with Crippen LogP contribution in [0.5, 0.6) is 0 Å². The van der Waals surface area contributed by atoms with Crippen LogP contribution < -0.4 is 10.3 Å². The Morgan fingerprint density at radius 3 is 2.18 bits per heavy atom. The van der Waals surface area contributed by atoms with Crippen LogP contribution in [-0.2, 0) is 15.0 Å². The molecule has 4 aliphatic rings. The highest BCUT2D eigenvalue weighted by Gasteiger charge is 2.68. The first-order chi connectivity index (χ1) is 18.5. The number of aryl methyl sites for hydroxylation is 1. The molecule has 2 atom stereocenters. The van der Waals surface area contributed by atoms with Crippen molar-refractivity contribution in [1.29, 1.82) is 0 Å². The number of furan rings is 1. The Bertz CT molecular complexity index is 1590. The number of hydrazone groups is 1. The largest absolute Gasteiger partial charge is 0.459 e. The van der Waals surface area contributed by atoms with Gasteiger partial charge in [0.25, 0.3) is 0 Å². The van der Waals surface area contributed by atoms with Gasteiger partial charge in [-0.3, -0.25) is 14.4 Å². The summed E-state index contributed by atoms with van der Waals surface area (Å²) in [5, 5.41) is 4.38. The van der Waals surface area contributed by atoms with E-state index in [4.69, 9.17) is 4.42 Å². The molecule has 186 valence electrons. The summed E-state index contributed by atoms with van der Waals surface area (Å²) in [6, 6.07) is 26.5. The number of anilines is 1. The summed E-state index contributed by atoms with van der Waals surface area (Å²) < 4.78 is 5.19. The Kier molecular flexibility index (Phi) is 4.79. The number of hydrogen-bond acceptors (Lipinski definition) is 5. The third-order valence-electron chi connectivity index (χ3n) is 8.16. The Labute approximate surface area is 218 Å². The van der Waals surface area contributed by atoms with Crippen LogP contribution in [0.25, 0.3) is 0 Å². The maximum atomic E-state index is 14.3. The van der Waals surface area contributed by atoms with E-state index < -0.39 is 23.2 Å². The van der Waals surface area contributed by atoms with Crippen LogP contribution in [0.3, 0.4) is 0 Å². The van der Waals surface area contributed by atoms with E-state index >= 15 is 0 Å². The summed E-state index contributed by atoms with van der Waals surface area (Å²) in [4.78, 5) is 42.3. The third-order valence-corrected chi connectivity index (χ3v) is 8.16. The summed E-state index contributed by atoms with van der Waals surface area (Å²) in [7, 11) is 0. The van der Waals surface area contributed by atoms with Crippen LogP contribution in [0.4, 0.5) is 5.69 Å². The van der Waals surface area contributed by atoms with Crippen molar-refractivity contribution in [3.63, 3.8) is 0 Å². The summed E-state index contributed by atoms with van der Waals surface area (Å²) in [5.74, 6) is -2.41. The average Bonchev–Trinajstić information content (AvgIpc) is 3.57. The van der Waals surface area contributed by atoms with Gasteiger partial charge in [-0.2, -0.15) is 5.10 Å². The van der Waals surface area contributed by atoms with E-state index in [0.717, 1.165) is 27.8 Å². The minimum Gasteiger partial charge on any atom is -0.459 e. The molecule has 2 bridgehead atoms. The number of hydrogen-bond donors (Lipinski definition) is 1. The van der Waals surface area contributed by atoms with E-state index in [1.54, 1.807) is 18.3 Å². The van der Waals surface area contributed by atoms with Crippen molar-refractivity contribution in [2.24, 2.45) is 16.9 Å². The molecule has 0 spiro atoms. The van der Waals surface area contributed by atoms with Crippen LogP contribution in [0.1, 0.15) is 44.3 Å². The van der Waals surface area contributed by atoms with E-state index in [0.29, 0.717) is 5.69 Å². The van der Waals surface area contributed by atoms with E-state index in [1.165, 1.54) is 11.2 Å². The quantitative estimate of drug-likeness (QED) is 0.252. The van der Waals surface area contributed by atoms with Gasteiger partial charge in [0.2, 0.25) is 11.8 Å². The number of imide groups is 1. The van der Waals surface area contributed by atoms with Gasteiger partial charge in [-0.25, -0.2) is 10.3 Å². The highest BCUT2D eigenvalue weighted by atomic mass is 16.3. The number of nitrogens with zero attached hydrogens (tertiary/aromatic N) is 2. The Morgan fingerprint density at radius 2 is 1.55 bits per heavy atom. The smallest absolute Gasteiger partial charge is 0.307 e. The van der Waals surface area contributed by atoms with Crippen LogP contribution >= 0.6 is 0 Å². The lowest BCUT2D eigenvalue weighted by Crippen LogP contribution is -2.54. The lowest BCUT2D eigenvalue weighted by molar-refractivity contribution is -0.122. The zero-order chi connectivity index (χ0) is 26.0. The maximum Gasteiger partial charge on any atom is 0.307 e. The van der Waals surface area contributed by atoms with Gasteiger partial charge >= 0.3 is 5.91 Å². The van der Waals surface area contributed by atoms with Gasteiger partial charge < -0.3 is 4.42 Å². The monoisotopic (exact) mass is 501 g/mol. The minimum atomic E-state index is -1.05. The van der Waals surface area contributed by atoms with Crippen LogP contribution in [0.15, 0.2) is 101 Å². The lowest BCUT2D eigenvalue weighted by Gasteiger charge is -2.52. The first-order valence-electron chi connectivity index (χ1n) is 12.5. The molecule has 3 amide bonds. The molecule has 38 heavy (non-hydrogen) atoms. The van der Waals surface area contributed by atoms with Gasteiger partial charge in [0.05, 0.1) is 29.2 Å². The number of nitrogens with one attached hydrogen (secondary N) is 1. The number of amides is 3. The Balaban J connectivity index is 1.43. The normalized spacial score (nSPS) is 24.9. The van der Waals surface area contributed by atoms with Crippen LogP contribution in [-0.4, -0.2) is 23.9 Å². The first-order valence-corrected chi connectivity index (χ1v) is 12.5. The molecule has 3 aliphatic carbocycles. The number of carbonyl (C=O) groups is 3. The van der Waals surface area contributed by atoms with E-state index in [2.05, 4.69) is 10.5 Å². The minimum absolute atomic E-state index is 0.128. The molecule has 4 aromatic rings. The van der Waals surface area contributed by atoms with Gasteiger partial charge in [0, 0.05) is 12.1 Å². The van der Waals surface area contributed by atoms with Crippen molar-refractivity contribution < 1.29 is 18.8 Å². The number of benzene rings is 3. The molecule has 1 N–H and O–H groups in total. The van der Waals surface area contributed by atoms with Crippen molar-refractivity contribution in [3.8, 4) is 0 Å². The maximum absolute atomic E-state index is 14.3. The molecule has 0 radical (unpaired) electrons. The molecule has 1 aliphatic heterocycles. The summed E-state index contributed by atoms with van der Waals surface area (Å²) in [6.07, 6.45) is 3.06. The zero-order valence-electron chi connectivity index (χ0n) is 20.5. The van der Waals surface area contributed by atoms with Gasteiger partial charge in [-0.05, 0) is 53.4 Å². The van der Waals surface area contributed by atoms with Gasteiger partial charge in [-0.15, -0.1) is 0 Å². The fourth-order valence-electron chi connectivity index (χ4n) is 6.65. The Hall–Kier alpha value is -4.78. The van der Waals surface area contributed by atoms with Crippen molar-refractivity contribution in [3.05, 3.63) is 125 Å². The van der Waals surface area contributed by atoms with Crippen molar-refractivity contribution in [2.45, 2.75) is 18.3 Å². The summed E-state index contributed by atoms with van der Waals surface area (Å²) >= 11 is 0. The zero-order valence-corrected chi connectivity index (χ0v) is 20.5. The highest BCUT2D eigenvalue weighted by molar-refractivity contribution is 6.25. The molecule has 8 rings (SSSR count). The molecule has 0 unspecified atom stereocenters. The molecule has 2 heterocycles. The van der Waals surface area contributed by atoms with Crippen molar-refractivity contribution in [1.82, 2.24) is 5.43 Å². The fourth-order valence-corrected chi connectivity index (χ4v) is 6.65. The molecule has 1 fully saturated rings. The molecule has 1 saturated heterocycles. The van der Waals surface area contributed by atoms with Crippen molar-refractivity contribution in [2.75, 3.05) is 4.90 Å². The average molecular weight is 502 g/mol. The molecule has 0 saturated carbocycles. The van der Waals surface area contributed by atoms with E-state index in [9.17, 15) is 14.4 Å². The number of carbonyl (C=O) groups excluding carboxylic acids is 3. The molecule has 3 aromatic carbocycles. The second kappa shape index (κ2) is 8.11. The molecular weight excluding hydrogens is 478 g/mol. The SMILES string of the molecule is Cc1ccc(N2C(=O)[C@@H]3[C@@H](C2=O)C2c4ccccc4C3(/C=N\NC(=O)c3ccco3)c3ccccc32)cc1. The second-order valence-corrected chi connectivity index (χ2v) is 10.0. The number of rotatable bonds is 4. The first kappa shape index (κ1) is 22.4. The van der Waals surface area contributed by atoms with Gasteiger partial charge in [0.1, 0.15) is 0 Å². The van der Waals surface area contributed by atoms with E-state index in [-0.39, 0.29) is 23.5 Å². The predicted molar refractivity (Wildman–Crippen MR) is 141 cm³/mol. The molecular formula is C31H23N3O4. The van der Waals surface area contributed by atoms with Crippen LogP contribution in [0, 0.1) is 18.8 Å². The third kappa shape index (κ3) is 2.90. The van der Waals surface area contributed by atoms with Gasteiger partial charge in [0.15, 0.2) is 5.76 Å². The predicted octanol–water partition coefficient (Wildman–Crippen LogP) is 4.55. The molecule has 7 heteroatoms. The Morgan fingerprint density at radius 1 is 0.895 bits per heavy atom. The van der Waals surface area contributed by atoms with E-state index in [1.807, 2.05) is 79.7 Å². The van der Waals surface area contributed by atoms with Crippen LogP contribution in [0.2, 0.25) is 0 Å². The second-order valence-electron chi connectivity index (χ2n) is 10.0. The van der Waals surface area contributed by atoms with Gasteiger partial charge in [-0.1, -0.05) is 66.2 Å². The summed E-state index contributed by atoms with van der Waals surface area (Å²) in [6.45, 7) is 1.97. The summed E-state index contributed by atoms with van der Waals surface area (Å²) in [5.41, 5.74) is 6.96. The fraction of sp³-hybridized carbons (Fsp3) is 0.161.